The summed E-state index contributed by atoms with van der Waals surface area (Å²) in [7, 11) is 1.61. The lowest BCUT2D eigenvalue weighted by molar-refractivity contribution is 0.415. The molecule has 1 aromatic heterocycles. The zero-order chi connectivity index (χ0) is 22.5. The molecule has 4 heteroatoms. The number of nitrogens with one attached hydrogen (secondary N) is 1. The van der Waals surface area contributed by atoms with Crippen molar-refractivity contribution in [3.05, 3.63) is 101 Å². The number of pyridine rings is 1. The monoisotopic (exact) mass is 426 g/mol. The number of H-pyrrole nitrogens is 1. The topological polar surface area (TPSA) is 65.9 Å². The van der Waals surface area contributed by atoms with E-state index in [0.29, 0.717) is 17.0 Å². The van der Waals surface area contributed by atoms with E-state index < -0.39 is 5.56 Å². The number of nitrogens with zero attached hydrogens (tertiary/aromatic N) is 1. The van der Waals surface area contributed by atoms with E-state index in [0.717, 1.165) is 21.9 Å². The van der Waals surface area contributed by atoms with Crippen LogP contribution in [-0.4, -0.2) is 12.1 Å². The van der Waals surface area contributed by atoms with Gasteiger partial charge in [-0.25, -0.2) is 0 Å². The van der Waals surface area contributed by atoms with Crippen LogP contribution in [0.5, 0.6) is 5.75 Å². The van der Waals surface area contributed by atoms with Gasteiger partial charge in [0.1, 0.15) is 17.4 Å². The van der Waals surface area contributed by atoms with Gasteiger partial charge in [-0.15, -0.1) is 0 Å². The second-order valence-corrected chi connectivity index (χ2v) is 8.11. The van der Waals surface area contributed by atoms with Gasteiger partial charge in [-0.05, 0) is 56.1 Å². The molecule has 5 aromatic carbocycles. The van der Waals surface area contributed by atoms with Crippen LogP contribution >= 0.6 is 0 Å². The predicted octanol–water partition coefficient (Wildman–Crippen LogP) is 6.49. The van der Waals surface area contributed by atoms with E-state index >= 15 is 0 Å². The molecule has 0 aliphatic rings. The zero-order valence-electron chi connectivity index (χ0n) is 17.8. The summed E-state index contributed by atoms with van der Waals surface area (Å²) >= 11 is 0. The van der Waals surface area contributed by atoms with Crippen LogP contribution in [0, 0.1) is 11.3 Å². The molecule has 0 saturated carbocycles. The van der Waals surface area contributed by atoms with Gasteiger partial charge < -0.3 is 9.72 Å². The SMILES string of the molecule is COc1ccc(-c2cc(-c3ccc4ccc5cccc6ccc3c4c56)[nH]c(=O)c2C#N)cc1. The van der Waals surface area contributed by atoms with Crippen LogP contribution in [0.15, 0.2) is 89.7 Å². The van der Waals surface area contributed by atoms with Crippen molar-refractivity contribution in [1.29, 1.82) is 5.26 Å². The van der Waals surface area contributed by atoms with Gasteiger partial charge in [0.05, 0.1) is 7.11 Å². The fraction of sp³-hybridized carbons (Fsp3) is 0.0345. The zero-order valence-corrected chi connectivity index (χ0v) is 17.8. The highest BCUT2D eigenvalue weighted by Gasteiger charge is 2.16. The normalized spacial score (nSPS) is 11.3. The van der Waals surface area contributed by atoms with E-state index in [1.165, 1.54) is 21.5 Å². The van der Waals surface area contributed by atoms with Crippen molar-refractivity contribution in [1.82, 2.24) is 4.98 Å². The molecular formula is C29H18N2O2. The van der Waals surface area contributed by atoms with Crippen molar-refractivity contribution in [2.45, 2.75) is 0 Å². The van der Waals surface area contributed by atoms with E-state index in [9.17, 15) is 10.1 Å². The molecule has 0 spiro atoms. The summed E-state index contributed by atoms with van der Waals surface area (Å²) in [6, 6.07) is 30.3. The number of benzene rings is 5. The van der Waals surface area contributed by atoms with E-state index in [-0.39, 0.29) is 5.56 Å². The predicted molar refractivity (Wildman–Crippen MR) is 133 cm³/mol. The first-order chi connectivity index (χ1) is 16.2. The third kappa shape index (κ3) is 2.87. The molecule has 1 heterocycles. The Hall–Kier alpha value is -4.62. The Morgan fingerprint density at radius 1 is 0.788 bits per heavy atom. The van der Waals surface area contributed by atoms with E-state index in [2.05, 4.69) is 59.6 Å². The van der Waals surface area contributed by atoms with Gasteiger partial charge in [0.2, 0.25) is 0 Å². The molecule has 6 aromatic rings. The highest BCUT2D eigenvalue weighted by atomic mass is 16.5. The molecule has 0 aliphatic carbocycles. The van der Waals surface area contributed by atoms with Gasteiger partial charge in [0, 0.05) is 16.8 Å². The van der Waals surface area contributed by atoms with Gasteiger partial charge >= 0.3 is 0 Å². The van der Waals surface area contributed by atoms with Crippen molar-refractivity contribution in [3.8, 4) is 34.2 Å². The molecule has 0 unspecified atom stereocenters. The van der Waals surface area contributed by atoms with Crippen molar-refractivity contribution in [2.75, 3.05) is 7.11 Å². The maximum Gasteiger partial charge on any atom is 0.266 e. The largest absolute Gasteiger partial charge is 0.497 e. The maximum absolute atomic E-state index is 12.9. The third-order valence-electron chi connectivity index (χ3n) is 6.36. The number of rotatable bonds is 3. The Bertz CT molecular complexity index is 1760. The smallest absolute Gasteiger partial charge is 0.266 e. The summed E-state index contributed by atoms with van der Waals surface area (Å²) in [6.45, 7) is 0. The summed E-state index contributed by atoms with van der Waals surface area (Å²) in [5, 5.41) is 16.7. The fourth-order valence-electron chi connectivity index (χ4n) is 4.78. The lowest BCUT2D eigenvalue weighted by Gasteiger charge is -2.15. The molecule has 0 saturated heterocycles. The lowest BCUT2D eigenvalue weighted by atomic mass is 9.90. The molecule has 0 radical (unpaired) electrons. The minimum Gasteiger partial charge on any atom is -0.497 e. The number of hydrogen-bond donors (Lipinski definition) is 1. The summed E-state index contributed by atoms with van der Waals surface area (Å²) < 4.78 is 5.25. The first-order valence-corrected chi connectivity index (χ1v) is 10.7. The minimum absolute atomic E-state index is 0.0987. The Morgan fingerprint density at radius 3 is 2.15 bits per heavy atom. The number of nitriles is 1. The van der Waals surface area contributed by atoms with Gasteiger partial charge in [-0.2, -0.15) is 5.26 Å². The molecule has 0 amide bonds. The standard InChI is InChI=1S/C29H18N2O2/c1-33-21-11-7-17(8-12-21)24-15-26(31-29(32)25(24)16-30)22-13-9-20-6-5-18-3-2-4-19-10-14-23(22)28(20)27(18)19/h2-15H,1H3,(H,31,32). The molecule has 0 fully saturated rings. The average Bonchev–Trinajstić information content (AvgIpc) is 2.87. The average molecular weight is 426 g/mol. The summed E-state index contributed by atoms with van der Waals surface area (Å²) in [5.41, 5.74) is 2.70. The van der Waals surface area contributed by atoms with Crippen LogP contribution in [-0.2, 0) is 0 Å². The van der Waals surface area contributed by atoms with Crippen molar-refractivity contribution in [3.63, 3.8) is 0 Å². The second kappa shape index (κ2) is 7.22. The number of aromatic amines is 1. The highest BCUT2D eigenvalue weighted by Crippen LogP contribution is 2.39. The van der Waals surface area contributed by atoms with Gasteiger partial charge in [0.25, 0.3) is 5.56 Å². The van der Waals surface area contributed by atoms with Crippen LogP contribution in [0.4, 0.5) is 0 Å². The van der Waals surface area contributed by atoms with Crippen LogP contribution in [0.2, 0.25) is 0 Å². The summed E-state index contributed by atoms with van der Waals surface area (Å²) in [4.78, 5) is 15.9. The number of hydrogen-bond acceptors (Lipinski definition) is 3. The number of methoxy groups -OCH3 is 1. The van der Waals surface area contributed by atoms with E-state index in [1.807, 2.05) is 36.4 Å². The molecule has 0 aliphatic heterocycles. The fourth-order valence-corrected chi connectivity index (χ4v) is 4.78. The first kappa shape index (κ1) is 19.1. The first-order valence-electron chi connectivity index (χ1n) is 10.7. The summed E-state index contributed by atoms with van der Waals surface area (Å²) in [5.74, 6) is 0.717. The molecule has 6 rings (SSSR count). The molecule has 33 heavy (non-hydrogen) atoms. The maximum atomic E-state index is 12.9. The van der Waals surface area contributed by atoms with Crippen LogP contribution in [0.3, 0.4) is 0 Å². The van der Waals surface area contributed by atoms with Crippen molar-refractivity contribution < 1.29 is 4.74 Å². The quantitative estimate of drug-likeness (QED) is 0.329. The minimum atomic E-state index is -0.397. The number of aromatic nitrogens is 1. The molecule has 0 bridgehead atoms. The van der Waals surface area contributed by atoms with Gasteiger partial charge in [-0.3, -0.25) is 4.79 Å². The molecule has 4 nitrogen and oxygen atoms in total. The van der Waals surface area contributed by atoms with Gasteiger partial charge in [0.15, 0.2) is 0 Å². The van der Waals surface area contributed by atoms with E-state index in [1.54, 1.807) is 7.11 Å². The van der Waals surface area contributed by atoms with Crippen molar-refractivity contribution >= 4 is 32.3 Å². The Balaban J connectivity index is 1.65. The molecule has 1 N–H and O–H groups in total. The Morgan fingerprint density at radius 2 is 1.45 bits per heavy atom. The third-order valence-corrected chi connectivity index (χ3v) is 6.36. The number of ether oxygens (including phenoxy) is 1. The van der Waals surface area contributed by atoms with Crippen LogP contribution in [0.25, 0.3) is 54.7 Å². The van der Waals surface area contributed by atoms with Crippen LogP contribution in [0.1, 0.15) is 5.56 Å². The Kier molecular flexibility index (Phi) is 4.18. The van der Waals surface area contributed by atoms with Crippen molar-refractivity contribution in [2.24, 2.45) is 0 Å². The lowest BCUT2D eigenvalue weighted by Crippen LogP contribution is -2.12. The summed E-state index contributed by atoms with van der Waals surface area (Å²) in [6.07, 6.45) is 0. The van der Waals surface area contributed by atoms with E-state index in [4.69, 9.17) is 4.74 Å². The molecule has 0 atom stereocenters. The Labute approximate surface area is 189 Å². The highest BCUT2D eigenvalue weighted by molar-refractivity contribution is 6.25. The van der Waals surface area contributed by atoms with Crippen LogP contribution < -0.4 is 10.3 Å². The van der Waals surface area contributed by atoms with Gasteiger partial charge in [-0.1, -0.05) is 66.7 Å². The second-order valence-electron chi connectivity index (χ2n) is 8.11. The molecule has 156 valence electrons. The molecular weight excluding hydrogens is 408 g/mol.